The second kappa shape index (κ2) is 10.4. The molecule has 0 aliphatic carbocycles. The molecule has 2 unspecified atom stereocenters. The van der Waals surface area contributed by atoms with Gasteiger partial charge in [0.2, 0.25) is 0 Å². The summed E-state index contributed by atoms with van der Waals surface area (Å²) in [4.78, 5) is 6.64. The highest BCUT2D eigenvalue weighted by atomic mass is 127. The van der Waals surface area contributed by atoms with Crippen molar-refractivity contribution < 1.29 is 12.8 Å². The van der Waals surface area contributed by atoms with Crippen LogP contribution in [0.5, 0.6) is 0 Å². The topological polar surface area (TPSA) is 73.8 Å². The maximum absolute atomic E-state index is 13.1. The highest BCUT2D eigenvalue weighted by molar-refractivity contribution is 14.0. The van der Waals surface area contributed by atoms with Crippen LogP contribution in [0, 0.1) is 5.82 Å². The molecule has 1 aliphatic rings. The lowest BCUT2D eigenvalue weighted by Gasteiger charge is -2.24. The molecule has 6 nitrogen and oxygen atoms in total. The van der Waals surface area contributed by atoms with E-state index in [1.54, 1.807) is 12.1 Å². The van der Waals surface area contributed by atoms with E-state index in [2.05, 4.69) is 15.6 Å². The first-order valence-electron chi connectivity index (χ1n) is 8.48. The van der Waals surface area contributed by atoms with Gasteiger partial charge in [-0.25, -0.2) is 12.8 Å². The Hall–Kier alpha value is -0.940. The minimum absolute atomic E-state index is 0. The fourth-order valence-corrected chi connectivity index (χ4v) is 4.53. The van der Waals surface area contributed by atoms with Crippen LogP contribution in [0.15, 0.2) is 29.3 Å². The molecule has 0 bridgehead atoms. The Kier molecular flexibility index (Phi) is 9.25. The van der Waals surface area contributed by atoms with E-state index in [4.69, 9.17) is 0 Å². The number of sulfone groups is 1. The molecule has 1 saturated heterocycles. The van der Waals surface area contributed by atoms with Gasteiger partial charge in [-0.05, 0) is 45.1 Å². The molecule has 0 saturated carbocycles. The zero-order chi connectivity index (χ0) is 18.4. The molecule has 26 heavy (non-hydrogen) atoms. The predicted octanol–water partition coefficient (Wildman–Crippen LogP) is 1.79. The van der Waals surface area contributed by atoms with Gasteiger partial charge < -0.3 is 15.5 Å². The molecular weight excluding hydrogens is 470 g/mol. The Labute approximate surface area is 172 Å². The molecular formula is C17H28FIN4O2S. The van der Waals surface area contributed by atoms with Crippen molar-refractivity contribution in [3.05, 3.63) is 35.6 Å². The molecule has 0 radical (unpaired) electrons. The van der Waals surface area contributed by atoms with Crippen molar-refractivity contribution in [2.24, 2.45) is 4.99 Å². The third-order valence-corrected chi connectivity index (χ3v) is 5.99. The van der Waals surface area contributed by atoms with E-state index >= 15 is 0 Å². The molecule has 0 amide bonds. The van der Waals surface area contributed by atoms with Crippen molar-refractivity contribution in [1.29, 1.82) is 0 Å². The van der Waals surface area contributed by atoms with Crippen molar-refractivity contribution in [2.75, 3.05) is 38.7 Å². The largest absolute Gasteiger partial charge is 0.357 e. The van der Waals surface area contributed by atoms with Crippen LogP contribution in [0.2, 0.25) is 0 Å². The summed E-state index contributed by atoms with van der Waals surface area (Å²) in [5.74, 6) is 0.715. The van der Waals surface area contributed by atoms with Gasteiger partial charge in [0.1, 0.15) is 5.82 Å². The summed E-state index contributed by atoms with van der Waals surface area (Å²) in [5.41, 5.74) is 0.981. The number of nitrogens with zero attached hydrogens (tertiary/aromatic N) is 2. The van der Waals surface area contributed by atoms with Crippen molar-refractivity contribution in [3.8, 4) is 0 Å². The summed E-state index contributed by atoms with van der Waals surface area (Å²) in [6.07, 6.45) is 0.599. The van der Waals surface area contributed by atoms with E-state index in [1.807, 2.05) is 25.9 Å². The van der Waals surface area contributed by atoms with Gasteiger partial charge in [-0.2, -0.15) is 0 Å². The van der Waals surface area contributed by atoms with Crippen LogP contribution < -0.4 is 10.6 Å². The summed E-state index contributed by atoms with van der Waals surface area (Å²) >= 11 is 0. The molecule has 1 aromatic rings. The van der Waals surface area contributed by atoms with Crippen LogP contribution >= 0.6 is 24.0 Å². The van der Waals surface area contributed by atoms with Crippen LogP contribution in [-0.4, -0.2) is 64.0 Å². The molecule has 1 heterocycles. The fraction of sp³-hybridized carbons (Fsp3) is 0.588. The van der Waals surface area contributed by atoms with Crippen molar-refractivity contribution in [1.82, 2.24) is 15.5 Å². The molecule has 0 aromatic heterocycles. The van der Waals surface area contributed by atoms with Crippen molar-refractivity contribution in [3.63, 3.8) is 0 Å². The lowest BCUT2D eigenvalue weighted by Crippen LogP contribution is -2.44. The molecule has 9 heteroatoms. The summed E-state index contributed by atoms with van der Waals surface area (Å²) < 4.78 is 36.4. The molecule has 1 fully saturated rings. The highest BCUT2D eigenvalue weighted by Gasteiger charge is 2.28. The standard InChI is InChI=1S/C17H27FN4O2S.HI/c1-4-19-17(21-15-9-10-25(23,24)12-15)20-11-16(22(2)3)13-5-7-14(18)8-6-13;/h5-8,15-16H,4,9-12H2,1-3H3,(H2,19,20,21);1H. The molecule has 1 aromatic carbocycles. The third kappa shape index (κ3) is 6.99. The molecule has 2 atom stereocenters. The van der Waals surface area contributed by atoms with Crippen LogP contribution in [0.3, 0.4) is 0 Å². The Bertz CT molecular complexity index is 695. The van der Waals surface area contributed by atoms with Crippen molar-refractivity contribution >= 4 is 39.8 Å². The van der Waals surface area contributed by atoms with Gasteiger partial charge in [0.25, 0.3) is 0 Å². The van der Waals surface area contributed by atoms with E-state index in [0.717, 1.165) is 5.56 Å². The number of benzene rings is 1. The summed E-state index contributed by atoms with van der Waals surface area (Å²) in [6.45, 7) is 3.13. The normalized spacial score (nSPS) is 20.5. The Morgan fingerprint density at radius 2 is 2.00 bits per heavy atom. The van der Waals surface area contributed by atoms with Crippen LogP contribution in [0.1, 0.15) is 24.9 Å². The van der Waals surface area contributed by atoms with Gasteiger partial charge in [0.15, 0.2) is 15.8 Å². The van der Waals surface area contributed by atoms with E-state index in [9.17, 15) is 12.8 Å². The lowest BCUT2D eigenvalue weighted by molar-refractivity contribution is 0.306. The zero-order valence-corrected chi connectivity index (χ0v) is 18.6. The second-order valence-corrected chi connectivity index (χ2v) is 8.72. The molecule has 148 valence electrons. The quantitative estimate of drug-likeness (QED) is 0.356. The summed E-state index contributed by atoms with van der Waals surface area (Å²) in [5, 5.41) is 6.37. The lowest BCUT2D eigenvalue weighted by atomic mass is 10.1. The number of likely N-dealkylation sites (N-methyl/N-ethyl adjacent to an activating group) is 1. The van der Waals surface area contributed by atoms with Gasteiger partial charge in [-0.3, -0.25) is 4.99 Å². The zero-order valence-electron chi connectivity index (χ0n) is 15.4. The Balaban J connectivity index is 0.00000338. The SMILES string of the molecule is CCNC(=NCC(c1ccc(F)cc1)N(C)C)NC1CCS(=O)(=O)C1.I. The summed E-state index contributed by atoms with van der Waals surface area (Å²) in [6, 6.07) is 6.32. The average Bonchev–Trinajstić information content (AvgIpc) is 2.88. The molecule has 2 rings (SSSR count). The molecule has 1 aliphatic heterocycles. The van der Waals surface area contributed by atoms with Crippen LogP contribution in [-0.2, 0) is 9.84 Å². The minimum Gasteiger partial charge on any atom is -0.357 e. The van der Waals surface area contributed by atoms with E-state index < -0.39 is 9.84 Å². The fourth-order valence-electron chi connectivity index (χ4n) is 2.85. The Morgan fingerprint density at radius 1 is 1.35 bits per heavy atom. The van der Waals surface area contributed by atoms with E-state index in [1.165, 1.54) is 12.1 Å². The van der Waals surface area contributed by atoms with E-state index in [0.29, 0.717) is 25.5 Å². The Morgan fingerprint density at radius 3 is 2.50 bits per heavy atom. The number of halogens is 2. The van der Waals surface area contributed by atoms with Gasteiger partial charge >= 0.3 is 0 Å². The van der Waals surface area contributed by atoms with Crippen molar-refractivity contribution in [2.45, 2.75) is 25.4 Å². The van der Waals surface area contributed by atoms with Gasteiger partial charge in [0.05, 0.1) is 24.1 Å². The number of hydrogen-bond donors (Lipinski definition) is 2. The highest BCUT2D eigenvalue weighted by Crippen LogP contribution is 2.19. The van der Waals surface area contributed by atoms with E-state index in [-0.39, 0.29) is 53.4 Å². The van der Waals surface area contributed by atoms with Crippen LogP contribution in [0.25, 0.3) is 0 Å². The minimum atomic E-state index is -2.94. The maximum atomic E-state index is 13.1. The second-order valence-electron chi connectivity index (χ2n) is 6.49. The molecule has 2 N–H and O–H groups in total. The first-order chi connectivity index (χ1) is 11.8. The first-order valence-corrected chi connectivity index (χ1v) is 10.3. The molecule has 0 spiro atoms. The average molecular weight is 498 g/mol. The smallest absolute Gasteiger partial charge is 0.191 e. The first kappa shape index (κ1) is 23.1. The van der Waals surface area contributed by atoms with Crippen LogP contribution in [0.4, 0.5) is 4.39 Å². The van der Waals surface area contributed by atoms with Gasteiger partial charge in [-0.15, -0.1) is 24.0 Å². The number of guanidine groups is 1. The summed E-state index contributed by atoms with van der Waals surface area (Å²) in [7, 11) is 0.967. The maximum Gasteiger partial charge on any atom is 0.191 e. The van der Waals surface area contributed by atoms with Gasteiger partial charge in [0, 0.05) is 12.6 Å². The monoisotopic (exact) mass is 498 g/mol. The number of rotatable bonds is 6. The number of nitrogens with one attached hydrogen (secondary N) is 2. The van der Waals surface area contributed by atoms with Gasteiger partial charge in [-0.1, -0.05) is 12.1 Å². The number of aliphatic imine (C=N–C) groups is 1. The third-order valence-electron chi connectivity index (χ3n) is 4.22. The predicted molar refractivity (Wildman–Crippen MR) is 114 cm³/mol. The number of hydrogen-bond acceptors (Lipinski definition) is 4.